The van der Waals surface area contributed by atoms with Crippen LogP contribution in [0.5, 0.6) is 17.4 Å². The largest absolute Gasteiger partial charge is 0.507 e. The number of fused-ring (bicyclic) bond motifs is 7. The van der Waals surface area contributed by atoms with E-state index < -0.39 is 0 Å². The number of benzene rings is 5. The van der Waals surface area contributed by atoms with Gasteiger partial charge in [0, 0.05) is 11.5 Å². The summed E-state index contributed by atoms with van der Waals surface area (Å²) in [5, 5.41) is 19.8. The Morgan fingerprint density at radius 1 is 0.737 bits per heavy atom. The number of ether oxygens (including phenoxy) is 1. The first-order chi connectivity index (χ1) is 18.7. The second kappa shape index (κ2) is 7.88. The predicted octanol–water partition coefficient (Wildman–Crippen LogP) is 7.09. The maximum atomic E-state index is 10.9. The third-order valence-electron chi connectivity index (χ3n) is 7.34. The molecule has 180 valence electrons. The van der Waals surface area contributed by atoms with Crippen molar-refractivity contribution in [2.24, 2.45) is 0 Å². The molecule has 0 spiro atoms. The number of rotatable bonds is 2. The van der Waals surface area contributed by atoms with Gasteiger partial charge in [0.25, 0.3) is 0 Å². The topological polar surface area (TPSA) is 72.5 Å². The van der Waals surface area contributed by atoms with Gasteiger partial charge in [-0.05, 0) is 45.3 Å². The van der Waals surface area contributed by atoms with E-state index in [2.05, 4.69) is 41.4 Å². The second-order valence-corrected chi connectivity index (χ2v) is 9.53. The molecule has 0 radical (unpaired) electrons. The molecule has 38 heavy (non-hydrogen) atoms. The summed E-state index contributed by atoms with van der Waals surface area (Å²) >= 11 is 0. The van der Waals surface area contributed by atoms with Gasteiger partial charge in [-0.2, -0.15) is 0 Å². The van der Waals surface area contributed by atoms with Crippen LogP contribution in [0.1, 0.15) is 22.6 Å². The minimum atomic E-state index is -0.167. The number of aromatic nitrogens is 4. The Hall–Kier alpha value is -5.23. The van der Waals surface area contributed by atoms with Crippen molar-refractivity contribution in [3.05, 3.63) is 126 Å². The van der Waals surface area contributed by atoms with Gasteiger partial charge in [-0.1, -0.05) is 84.9 Å². The van der Waals surface area contributed by atoms with E-state index >= 15 is 0 Å². The van der Waals surface area contributed by atoms with Crippen molar-refractivity contribution < 1.29 is 9.84 Å². The van der Waals surface area contributed by atoms with E-state index in [-0.39, 0.29) is 11.7 Å². The Morgan fingerprint density at radius 3 is 2.32 bits per heavy atom. The summed E-state index contributed by atoms with van der Waals surface area (Å²) in [6, 6.07) is 34.4. The van der Waals surface area contributed by atoms with E-state index in [4.69, 9.17) is 14.8 Å². The molecular formula is C32H20N4O2. The zero-order valence-electron chi connectivity index (χ0n) is 20.1. The molecule has 0 bridgehead atoms. The van der Waals surface area contributed by atoms with E-state index in [0.29, 0.717) is 22.9 Å². The molecule has 0 aliphatic carbocycles. The summed E-state index contributed by atoms with van der Waals surface area (Å²) < 4.78 is 8.08. The van der Waals surface area contributed by atoms with E-state index in [1.165, 1.54) is 0 Å². The Morgan fingerprint density at radius 2 is 1.47 bits per heavy atom. The van der Waals surface area contributed by atoms with Gasteiger partial charge in [0.15, 0.2) is 11.5 Å². The maximum absolute atomic E-state index is 10.9. The molecule has 1 N–H and O–H groups in total. The Labute approximate surface area is 217 Å². The Balaban J connectivity index is 1.41. The smallest absolute Gasteiger partial charge is 0.228 e. The van der Waals surface area contributed by atoms with Crippen LogP contribution in [-0.4, -0.2) is 24.7 Å². The van der Waals surface area contributed by atoms with E-state index in [9.17, 15) is 5.11 Å². The molecule has 1 aliphatic rings. The predicted molar refractivity (Wildman–Crippen MR) is 147 cm³/mol. The van der Waals surface area contributed by atoms with E-state index in [1.54, 1.807) is 16.9 Å². The molecule has 0 fully saturated rings. The molecule has 0 unspecified atom stereocenters. The van der Waals surface area contributed by atoms with Gasteiger partial charge in [-0.3, -0.25) is 0 Å². The molecule has 0 saturated heterocycles. The number of aromatic hydroxyl groups is 1. The van der Waals surface area contributed by atoms with Crippen molar-refractivity contribution in [1.29, 1.82) is 0 Å². The molecule has 0 amide bonds. The molecule has 5 aromatic carbocycles. The SMILES string of the molecule is Oc1cc2ccccc2cc1-c1nc2c3c(ncn2n1)Oc1ccc2ccccc2c1[C@@H]3c1ccccc1. The molecule has 2 aromatic heterocycles. The molecular weight excluding hydrogens is 472 g/mol. The van der Waals surface area contributed by atoms with Crippen LogP contribution >= 0.6 is 0 Å². The summed E-state index contributed by atoms with van der Waals surface area (Å²) in [4.78, 5) is 9.62. The van der Waals surface area contributed by atoms with Gasteiger partial charge >= 0.3 is 0 Å². The number of nitrogens with zero attached hydrogens (tertiary/aromatic N) is 4. The van der Waals surface area contributed by atoms with Crippen LogP contribution in [0.2, 0.25) is 0 Å². The van der Waals surface area contributed by atoms with Gasteiger partial charge in [0.05, 0.1) is 11.1 Å². The van der Waals surface area contributed by atoms with Crippen LogP contribution in [0.25, 0.3) is 38.6 Å². The highest BCUT2D eigenvalue weighted by Crippen LogP contribution is 2.50. The second-order valence-electron chi connectivity index (χ2n) is 9.53. The highest BCUT2D eigenvalue weighted by molar-refractivity contribution is 5.92. The fourth-order valence-corrected chi connectivity index (χ4v) is 5.60. The zero-order chi connectivity index (χ0) is 25.2. The fraction of sp³-hybridized carbons (Fsp3) is 0.0312. The summed E-state index contributed by atoms with van der Waals surface area (Å²) in [5.41, 5.74) is 4.25. The molecule has 1 atom stereocenters. The van der Waals surface area contributed by atoms with Gasteiger partial charge in [-0.25, -0.2) is 14.5 Å². The third-order valence-corrected chi connectivity index (χ3v) is 7.34. The fourth-order valence-electron chi connectivity index (χ4n) is 5.60. The molecule has 6 heteroatoms. The highest BCUT2D eigenvalue weighted by Gasteiger charge is 2.34. The van der Waals surface area contributed by atoms with Crippen LogP contribution in [0, 0.1) is 0 Å². The normalized spacial score (nSPS) is 14.4. The van der Waals surface area contributed by atoms with Crippen molar-refractivity contribution in [2.75, 3.05) is 0 Å². The van der Waals surface area contributed by atoms with E-state index in [1.807, 2.05) is 60.7 Å². The lowest BCUT2D eigenvalue weighted by molar-refractivity contribution is 0.433. The van der Waals surface area contributed by atoms with Crippen molar-refractivity contribution in [3.8, 4) is 28.8 Å². The molecule has 0 saturated carbocycles. The first-order valence-corrected chi connectivity index (χ1v) is 12.5. The molecule has 6 nitrogen and oxygen atoms in total. The third kappa shape index (κ3) is 3.04. The number of hydrogen-bond acceptors (Lipinski definition) is 5. The molecule has 1 aliphatic heterocycles. The zero-order valence-corrected chi connectivity index (χ0v) is 20.1. The maximum Gasteiger partial charge on any atom is 0.228 e. The quantitative estimate of drug-likeness (QED) is 0.279. The lowest BCUT2D eigenvalue weighted by Crippen LogP contribution is -2.15. The minimum absolute atomic E-state index is 0.133. The monoisotopic (exact) mass is 492 g/mol. The van der Waals surface area contributed by atoms with Crippen LogP contribution in [0.4, 0.5) is 0 Å². The minimum Gasteiger partial charge on any atom is -0.507 e. The summed E-state index contributed by atoms with van der Waals surface area (Å²) in [7, 11) is 0. The van der Waals surface area contributed by atoms with Crippen LogP contribution < -0.4 is 4.74 Å². The van der Waals surface area contributed by atoms with Crippen molar-refractivity contribution in [2.45, 2.75) is 5.92 Å². The summed E-state index contributed by atoms with van der Waals surface area (Å²) in [6.45, 7) is 0. The first kappa shape index (κ1) is 20.9. The molecule has 7 aromatic rings. The van der Waals surface area contributed by atoms with Crippen molar-refractivity contribution in [1.82, 2.24) is 19.6 Å². The lowest BCUT2D eigenvalue weighted by Gasteiger charge is -2.29. The number of phenolic OH excluding ortho intramolecular Hbond substituents is 1. The van der Waals surface area contributed by atoms with Gasteiger partial charge in [0.2, 0.25) is 5.88 Å². The van der Waals surface area contributed by atoms with Crippen LogP contribution in [0.15, 0.2) is 109 Å². The van der Waals surface area contributed by atoms with Crippen LogP contribution in [-0.2, 0) is 0 Å². The lowest BCUT2D eigenvalue weighted by atomic mass is 9.81. The molecule has 3 heterocycles. The summed E-state index contributed by atoms with van der Waals surface area (Å²) in [6.07, 6.45) is 1.62. The van der Waals surface area contributed by atoms with Crippen molar-refractivity contribution in [3.63, 3.8) is 0 Å². The summed E-state index contributed by atoms with van der Waals surface area (Å²) in [5.74, 6) is 1.69. The first-order valence-electron chi connectivity index (χ1n) is 12.5. The average molecular weight is 493 g/mol. The molecule has 8 rings (SSSR count). The van der Waals surface area contributed by atoms with Crippen LogP contribution in [0.3, 0.4) is 0 Å². The van der Waals surface area contributed by atoms with Gasteiger partial charge in [-0.15, -0.1) is 5.10 Å². The average Bonchev–Trinajstić information content (AvgIpc) is 3.40. The number of hydrogen-bond donors (Lipinski definition) is 1. The highest BCUT2D eigenvalue weighted by atomic mass is 16.5. The Bertz CT molecular complexity index is 2030. The van der Waals surface area contributed by atoms with E-state index in [0.717, 1.165) is 44.0 Å². The van der Waals surface area contributed by atoms with Gasteiger partial charge in [0.1, 0.15) is 17.8 Å². The van der Waals surface area contributed by atoms with Gasteiger partial charge < -0.3 is 9.84 Å². The Kier molecular flexibility index (Phi) is 4.34. The standard InChI is InChI=1S/C32H20N4O2/c37-25-17-22-12-5-4-11-21(22)16-24(25)30-34-31-29-27(20-9-2-1-3-10-20)28-23-13-7-6-8-19(23)14-15-26(28)38-32(29)33-18-36(31)35-30/h1-18,27,37H/t27-/m0/s1. The number of phenols is 1. The van der Waals surface area contributed by atoms with Crippen molar-refractivity contribution >= 4 is 27.2 Å².